The Kier molecular flexibility index (Phi) is 7.02. The van der Waals surface area contributed by atoms with E-state index >= 15 is 0 Å². The molecule has 1 heterocycles. The van der Waals surface area contributed by atoms with Crippen molar-refractivity contribution in [3.63, 3.8) is 0 Å². The minimum absolute atomic E-state index is 0.136. The van der Waals surface area contributed by atoms with Crippen molar-refractivity contribution in [3.8, 4) is 0 Å². The third-order valence-electron chi connectivity index (χ3n) is 6.04. The second-order valence-corrected chi connectivity index (χ2v) is 8.00. The van der Waals surface area contributed by atoms with Gasteiger partial charge in [-0.05, 0) is 18.1 Å². The lowest BCUT2D eigenvalue weighted by Gasteiger charge is -2.36. The van der Waals surface area contributed by atoms with Crippen LogP contribution in [0, 0.1) is 27.9 Å². The van der Waals surface area contributed by atoms with E-state index in [4.69, 9.17) is 4.74 Å². The molecule has 0 spiro atoms. The Morgan fingerprint density at radius 1 is 1.17 bits per heavy atom. The number of amides is 1. The summed E-state index contributed by atoms with van der Waals surface area (Å²) in [5.41, 5.74) is 1.11. The number of nitro groups is 1. The molecule has 0 bridgehead atoms. The number of piperazine rings is 1. The fraction of sp³-hybridized carbons (Fsp3) is 0.571. The number of para-hydroxylation sites is 1. The molecule has 0 radical (unpaired) electrons. The van der Waals surface area contributed by atoms with Crippen molar-refractivity contribution >= 4 is 23.3 Å². The molecule has 30 heavy (non-hydrogen) atoms. The number of rotatable bonds is 7. The van der Waals surface area contributed by atoms with E-state index in [1.54, 1.807) is 11.8 Å². The van der Waals surface area contributed by atoms with Crippen molar-refractivity contribution < 1.29 is 24.0 Å². The van der Waals surface area contributed by atoms with Gasteiger partial charge in [0.2, 0.25) is 6.54 Å². The van der Waals surface area contributed by atoms with Crippen molar-refractivity contribution in [2.75, 3.05) is 44.2 Å². The minimum atomic E-state index is -0.706. The Morgan fingerprint density at radius 2 is 1.83 bits per heavy atom. The zero-order valence-electron chi connectivity index (χ0n) is 17.1. The van der Waals surface area contributed by atoms with E-state index in [0.29, 0.717) is 26.2 Å². The second-order valence-electron chi connectivity index (χ2n) is 8.00. The van der Waals surface area contributed by atoms with Crippen LogP contribution in [-0.2, 0) is 19.1 Å². The maximum absolute atomic E-state index is 12.4. The summed E-state index contributed by atoms with van der Waals surface area (Å²) in [5, 5.41) is 10.9. The number of benzene rings is 1. The fourth-order valence-corrected chi connectivity index (χ4v) is 4.32. The average Bonchev–Trinajstić information content (AvgIpc) is 2.99. The summed E-state index contributed by atoms with van der Waals surface area (Å²) in [4.78, 5) is 51.0. The number of hydrogen-bond acceptors (Lipinski definition) is 7. The number of esters is 1. The van der Waals surface area contributed by atoms with E-state index in [-0.39, 0.29) is 43.6 Å². The van der Waals surface area contributed by atoms with E-state index in [1.165, 1.54) is 0 Å². The molecule has 9 heteroatoms. The van der Waals surface area contributed by atoms with Crippen LogP contribution < -0.4 is 4.90 Å². The zero-order valence-corrected chi connectivity index (χ0v) is 17.1. The van der Waals surface area contributed by atoms with Gasteiger partial charge < -0.3 is 14.5 Å². The zero-order chi connectivity index (χ0) is 21.7. The van der Waals surface area contributed by atoms with E-state index in [0.717, 1.165) is 5.69 Å². The molecule has 2 aliphatic rings. The molecule has 1 aliphatic carbocycles. The van der Waals surface area contributed by atoms with Crippen LogP contribution in [0.15, 0.2) is 30.3 Å². The van der Waals surface area contributed by atoms with Crippen molar-refractivity contribution in [2.24, 2.45) is 17.8 Å². The van der Waals surface area contributed by atoms with Gasteiger partial charge in [-0.3, -0.25) is 24.5 Å². The third kappa shape index (κ3) is 5.34. The van der Waals surface area contributed by atoms with Gasteiger partial charge in [-0.25, -0.2) is 0 Å². The van der Waals surface area contributed by atoms with E-state index in [2.05, 4.69) is 4.90 Å². The second kappa shape index (κ2) is 9.69. The lowest BCUT2D eigenvalue weighted by Crippen LogP contribution is -2.50. The summed E-state index contributed by atoms with van der Waals surface area (Å²) in [6.45, 7) is 3.54. The van der Waals surface area contributed by atoms with Crippen LogP contribution in [0.1, 0.15) is 19.8 Å². The van der Waals surface area contributed by atoms with Crippen molar-refractivity contribution in [3.05, 3.63) is 40.4 Å². The molecule has 0 aromatic heterocycles. The SMILES string of the molecule is C[C@@H]1CC(=O)[C@H](CC(=O)OCC(=O)N2CCN(c3ccccc3)CC2)[C@@H]1C[N+](=O)[O-]. The predicted octanol–water partition coefficient (Wildman–Crippen LogP) is 1.39. The molecule has 1 aromatic carbocycles. The number of ether oxygens (including phenoxy) is 1. The van der Waals surface area contributed by atoms with Gasteiger partial charge >= 0.3 is 5.97 Å². The number of Topliss-reactive ketones (excluding diaryl/α,β-unsaturated/α-hetero) is 1. The summed E-state index contributed by atoms with van der Waals surface area (Å²) in [6, 6.07) is 9.95. The summed E-state index contributed by atoms with van der Waals surface area (Å²) in [5.74, 6) is -2.39. The highest BCUT2D eigenvalue weighted by Crippen LogP contribution is 2.36. The monoisotopic (exact) mass is 417 g/mol. The van der Waals surface area contributed by atoms with Gasteiger partial charge in [0, 0.05) is 55.0 Å². The first-order valence-electron chi connectivity index (χ1n) is 10.2. The standard InChI is InChI=1S/C21H27N3O6/c1-15-11-19(25)17(18(15)13-24(28)29)12-21(27)30-14-20(26)23-9-7-22(8-10-23)16-5-3-2-4-6-16/h2-6,15,17-18H,7-14H2,1H3/t15-,17-,18-/m1/s1. The van der Waals surface area contributed by atoms with Gasteiger partial charge in [0.15, 0.2) is 6.61 Å². The third-order valence-corrected chi connectivity index (χ3v) is 6.04. The smallest absolute Gasteiger partial charge is 0.307 e. The van der Waals surface area contributed by atoms with E-state index in [1.807, 2.05) is 30.3 Å². The highest BCUT2D eigenvalue weighted by molar-refractivity contribution is 5.88. The summed E-state index contributed by atoms with van der Waals surface area (Å²) >= 11 is 0. The van der Waals surface area contributed by atoms with Crippen LogP contribution in [0.3, 0.4) is 0 Å². The van der Waals surface area contributed by atoms with E-state index < -0.39 is 22.7 Å². The van der Waals surface area contributed by atoms with Gasteiger partial charge in [-0.2, -0.15) is 0 Å². The molecule has 2 fully saturated rings. The molecule has 1 aromatic rings. The molecule has 162 valence electrons. The van der Waals surface area contributed by atoms with Crippen LogP contribution in [-0.4, -0.2) is 66.8 Å². The van der Waals surface area contributed by atoms with Crippen molar-refractivity contribution in [1.82, 2.24) is 4.90 Å². The lowest BCUT2D eigenvalue weighted by molar-refractivity contribution is -0.490. The number of ketones is 1. The summed E-state index contributed by atoms with van der Waals surface area (Å²) < 4.78 is 5.10. The molecular weight excluding hydrogens is 390 g/mol. The Bertz CT molecular complexity index is 791. The van der Waals surface area contributed by atoms with E-state index in [9.17, 15) is 24.5 Å². The Balaban J connectivity index is 1.44. The van der Waals surface area contributed by atoms with Gasteiger partial charge in [-0.1, -0.05) is 25.1 Å². The van der Waals surface area contributed by atoms with Gasteiger partial charge in [0.05, 0.1) is 6.42 Å². The number of hydrogen-bond donors (Lipinski definition) is 0. The normalized spacial score (nSPS) is 24.0. The number of anilines is 1. The Labute approximate surface area is 175 Å². The highest BCUT2D eigenvalue weighted by atomic mass is 16.6. The molecule has 0 N–H and O–H groups in total. The summed E-state index contributed by atoms with van der Waals surface area (Å²) in [6.07, 6.45) is 0.0256. The average molecular weight is 417 g/mol. The summed E-state index contributed by atoms with van der Waals surface area (Å²) in [7, 11) is 0. The van der Waals surface area contributed by atoms with Crippen molar-refractivity contribution in [1.29, 1.82) is 0 Å². The molecule has 3 atom stereocenters. The van der Waals surface area contributed by atoms with Crippen LogP contribution in [0.25, 0.3) is 0 Å². The Hall–Kier alpha value is -2.97. The minimum Gasteiger partial charge on any atom is -0.456 e. The molecular formula is C21H27N3O6. The fourth-order valence-electron chi connectivity index (χ4n) is 4.32. The maximum atomic E-state index is 12.4. The molecule has 1 saturated carbocycles. The van der Waals surface area contributed by atoms with Crippen molar-refractivity contribution in [2.45, 2.75) is 19.8 Å². The first kappa shape index (κ1) is 21.7. The van der Waals surface area contributed by atoms with Gasteiger partial charge in [0.1, 0.15) is 5.78 Å². The number of carbonyl (C=O) groups is 3. The first-order chi connectivity index (χ1) is 14.3. The highest BCUT2D eigenvalue weighted by Gasteiger charge is 2.44. The Morgan fingerprint density at radius 3 is 2.47 bits per heavy atom. The van der Waals surface area contributed by atoms with Gasteiger partial charge in [0.25, 0.3) is 5.91 Å². The molecule has 1 saturated heterocycles. The lowest BCUT2D eigenvalue weighted by atomic mass is 9.88. The topological polar surface area (TPSA) is 110 Å². The first-order valence-corrected chi connectivity index (χ1v) is 10.2. The largest absolute Gasteiger partial charge is 0.456 e. The molecule has 0 unspecified atom stereocenters. The number of nitrogens with zero attached hydrogens (tertiary/aromatic N) is 3. The molecule has 3 rings (SSSR count). The van der Waals surface area contributed by atoms with Crippen LogP contribution in [0.2, 0.25) is 0 Å². The van der Waals surface area contributed by atoms with Crippen LogP contribution in [0.4, 0.5) is 5.69 Å². The molecule has 1 amide bonds. The number of carbonyl (C=O) groups excluding carboxylic acids is 3. The quantitative estimate of drug-likeness (QED) is 0.374. The predicted molar refractivity (Wildman–Crippen MR) is 108 cm³/mol. The molecule has 9 nitrogen and oxygen atoms in total. The van der Waals surface area contributed by atoms with Crippen LogP contribution >= 0.6 is 0 Å². The van der Waals surface area contributed by atoms with Gasteiger partial charge in [-0.15, -0.1) is 0 Å². The van der Waals surface area contributed by atoms with Crippen LogP contribution in [0.5, 0.6) is 0 Å². The maximum Gasteiger partial charge on any atom is 0.307 e. The molecule has 1 aliphatic heterocycles.